The lowest BCUT2D eigenvalue weighted by Crippen LogP contribution is -2.32. The summed E-state index contributed by atoms with van der Waals surface area (Å²) in [5.74, 6) is 1.74. The van der Waals surface area contributed by atoms with Crippen LogP contribution in [0.5, 0.6) is 5.75 Å². The van der Waals surface area contributed by atoms with Crippen LogP contribution in [0.4, 0.5) is 0 Å². The molecule has 0 spiro atoms. The first-order valence-corrected chi connectivity index (χ1v) is 8.93. The Morgan fingerprint density at radius 2 is 1.83 bits per heavy atom. The van der Waals surface area contributed by atoms with E-state index >= 15 is 0 Å². The van der Waals surface area contributed by atoms with E-state index in [0.717, 1.165) is 17.6 Å². The predicted octanol–water partition coefficient (Wildman–Crippen LogP) is 3.86. The van der Waals surface area contributed by atoms with Gasteiger partial charge in [0.05, 0.1) is 18.2 Å². The number of carbonyl (C=O) groups is 1. The van der Waals surface area contributed by atoms with Crippen molar-refractivity contribution < 1.29 is 9.53 Å². The van der Waals surface area contributed by atoms with Crippen molar-refractivity contribution in [2.24, 2.45) is 11.8 Å². The van der Waals surface area contributed by atoms with Crippen molar-refractivity contribution in [3.05, 3.63) is 39.7 Å². The molecule has 1 saturated carbocycles. The van der Waals surface area contributed by atoms with E-state index in [9.17, 15) is 9.59 Å². The Hall–Kier alpha value is -2.10. The number of aromatic amines is 1. The van der Waals surface area contributed by atoms with Crippen LogP contribution in [0.25, 0.3) is 10.9 Å². The fraction of sp³-hybridized carbons (Fsp3) is 0.500. The number of carbonyl (C=O) groups excluding carboxylic acids is 1. The van der Waals surface area contributed by atoms with Crippen LogP contribution in [-0.2, 0) is 6.42 Å². The highest BCUT2D eigenvalue weighted by molar-refractivity contribution is 6.01. The lowest BCUT2D eigenvalue weighted by Gasteiger charge is -2.33. The minimum Gasteiger partial charge on any atom is -0.497 e. The molecule has 4 heteroatoms. The van der Waals surface area contributed by atoms with Gasteiger partial charge in [0.2, 0.25) is 0 Å². The number of H-pyrrole nitrogens is 1. The monoisotopic (exact) mass is 325 g/mol. The van der Waals surface area contributed by atoms with Crippen molar-refractivity contribution in [3.8, 4) is 5.75 Å². The number of rotatable bonds is 2. The van der Waals surface area contributed by atoms with Crippen LogP contribution in [-0.4, -0.2) is 17.9 Å². The van der Waals surface area contributed by atoms with Gasteiger partial charge in [0.1, 0.15) is 5.75 Å². The third-order valence-corrected chi connectivity index (χ3v) is 5.79. The molecule has 2 aromatic rings. The van der Waals surface area contributed by atoms with Crippen LogP contribution >= 0.6 is 0 Å². The van der Waals surface area contributed by atoms with E-state index in [4.69, 9.17) is 4.74 Å². The van der Waals surface area contributed by atoms with Gasteiger partial charge < -0.3 is 9.72 Å². The fourth-order valence-corrected chi connectivity index (χ4v) is 4.51. The summed E-state index contributed by atoms with van der Waals surface area (Å²) in [6, 6.07) is 5.35. The highest BCUT2D eigenvalue weighted by Crippen LogP contribution is 2.37. The Morgan fingerprint density at radius 1 is 1.04 bits per heavy atom. The molecule has 2 aliphatic carbocycles. The van der Waals surface area contributed by atoms with E-state index in [1.807, 2.05) is 6.07 Å². The standard InChI is InChI=1S/C20H23NO3/c1-24-14-7-8-15-16(11-14)21-17-9-13(12-5-3-2-4-6-12)10-18(22)19(17)20(15)23/h7-8,11-13H,2-6,9-10H2,1H3,(H,21,23). The maximum absolute atomic E-state index is 12.8. The first kappa shape index (κ1) is 15.4. The minimum absolute atomic E-state index is 0.0193. The zero-order chi connectivity index (χ0) is 16.7. The summed E-state index contributed by atoms with van der Waals surface area (Å²) in [4.78, 5) is 28.8. The van der Waals surface area contributed by atoms with Crippen molar-refractivity contribution in [1.29, 1.82) is 0 Å². The molecule has 0 radical (unpaired) electrons. The molecular formula is C20H23NO3. The van der Waals surface area contributed by atoms with Crippen LogP contribution in [0.3, 0.4) is 0 Å². The molecular weight excluding hydrogens is 302 g/mol. The number of methoxy groups -OCH3 is 1. The van der Waals surface area contributed by atoms with Gasteiger partial charge in [0.15, 0.2) is 11.2 Å². The van der Waals surface area contributed by atoms with Crippen molar-refractivity contribution in [2.45, 2.75) is 44.9 Å². The normalized spacial score (nSPS) is 21.7. The van der Waals surface area contributed by atoms with Gasteiger partial charge in [-0.15, -0.1) is 0 Å². The Kier molecular flexibility index (Phi) is 3.91. The van der Waals surface area contributed by atoms with Gasteiger partial charge in [-0.25, -0.2) is 0 Å². The Labute approximate surface area is 141 Å². The number of benzene rings is 1. The van der Waals surface area contributed by atoms with Gasteiger partial charge in [0.25, 0.3) is 0 Å². The largest absolute Gasteiger partial charge is 0.497 e. The molecule has 0 amide bonds. The highest BCUT2D eigenvalue weighted by Gasteiger charge is 2.33. The minimum atomic E-state index is -0.131. The Balaban J connectivity index is 1.77. The van der Waals surface area contributed by atoms with E-state index in [1.54, 1.807) is 19.2 Å². The predicted molar refractivity (Wildman–Crippen MR) is 93.8 cm³/mol. The Morgan fingerprint density at radius 3 is 2.58 bits per heavy atom. The number of nitrogens with one attached hydrogen (secondary N) is 1. The van der Waals surface area contributed by atoms with Crippen molar-refractivity contribution >= 4 is 16.7 Å². The van der Waals surface area contributed by atoms with Crippen molar-refractivity contribution in [3.63, 3.8) is 0 Å². The van der Waals surface area contributed by atoms with Crippen LogP contribution in [0.2, 0.25) is 0 Å². The molecule has 1 fully saturated rings. The lowest BCUT2D eigenvalue weighted by atomic mass is 9.72. The maximum atomic E-state index is 12.8. The van der Waals surface area contributed by atoms with Gasteiger partial charge in [-0.2, -0.15) is 0 Å². The highest BCUT2D eigenvalue weighted by atomic mass is 16.5. The lowest BCUT2D eigenvalue weighted by molar-refractivity contribution is 0.0909. The molecule has 1 aromatic heterocycles. The fourth-order valence-electron chi connectivity index (χ4n) is 4.51. The summed E-state index contributed by atoms with van der Waals surface area (Å²) in [6.45, 7) is 0. The molecule has 1 unspecified atom stereocenters. The van der Waals surface area contributed by atoms with Crippen molar-refractivity contribution in [2.75, 3.05) is 7.11 Å². The number of aromatic nitrogens is 1. The molecule has 1 heterocycles. The van der Waals surface area contributed by atoms with Crippen LogP contribution in [0, 0.1) is 11.8 Å². The quantitative estimate of drug-likeness (QED) is 0.912. The second-order valence-electron chi connectivity index (χ2n) is 7.21. The summed E-state index contributed by atoms with van der Waals surface area (Å²) < 4.78 is 5.25. The zero-order valence-electron chi connectivity index (χ0n) is 14.1. The molecule has 4 nitrogen and oxygen atoms in total. The van der Waals surface area contributed by atoms with Gasteiger partial charge in [-0.1, -0.05) is 32.1 Å². The Bertz CT molecular complexity index is 846. The molecule has 0 aliphatic heterocycles. The molecule has 126 valence electrons. The van der Waals surface area contributed by atoms with Gasteiger partial charge in [-0.05, 0) is 30.4 Å². The van der Waals surface area contributed by atoms with Crippen LogP contribution in [0.1, 0.15) is 54.6 Å². The SMILES string of the molecule is COc1ccc2c(=O)c3c([nH]c2c1)CC(C1CCCCC1)CC3=O. The van der Waals surface area contributed by atoms with Gasteiger partial charge in [0, 0.05) is 23.6 Å². The third-order valence-electron chi connectivity index (χ3n) is 5.79. The van der Waals surface area contributed by atoms with Crippen LogP contribution in [0.15, 0.2) is 23.0 Å². The van der Waals surface area contributed by atoms with E-state index in [1.165, 1.54) is 32.1 Å². The first-order valence-electron chi connectivity index (χ1n) is 8.93. The van der Waals surface area contributed by atoms with E-state index in [0.29, 0.717) is 35.0 Å². The summed E-state index contributed by atoms with van der Waals surface area (Å²) in [7, 11) is 1.61. The summed E-state index contributed by atoms with van der Waals surface area (Å²) in [6.07, 6.45) is 7.64. The molecule has 1 aromatic carbocycles. The molecule has 0 bridgehead atoms. The molecule has 1 atom stereocenters. The number of Topliss-reactive ketones (excluding diaryl/α,β-unsaturated/α-hetero) is 1. The molecule has 2 aliphatic rings. The first-order chi connectivity index (χ1) is 11.7. The van der Waals surface area contributed by atoms with E-state index in [2.05, 4.69) is 4.98 Å². The zero-order valence-corrected chi connectivity index (χ0v) is 14.1. The van der Waals surface area contributed by atoms with E-state index in [-0.39, 0.29) is 11.2 Å². The number of pyridine rings is 1. The average molecular weight is 325 g/mol. The molecule has 0 saturated heterocycles. The summed E-state index contributed by atoms with van der Waals surface area (Å²) in [5.41, 5.74) is 1.84. The van der Waals surface area contributed by atoms with Gasteiger partial charge in [-0.3, -0.25) is 9.59 Å². The second kappa shape index (κ2) is 6.08. The second-order valence-corrected chi connectivity index (χ2v) is 7.21. The topological polar surface area (TPSA) is 59.2 Å². The average Bonchev–Trinajstić information content (AvgIpc) is 2.61. The number of hydrogen-bond donors (Lipinski definition) is 1. The van der Waals surface area contributed by atoms with Crippen LogP contribution < -0.4 is 10.2 Å². The summed E-state index contributed by atoms with van der Waals surface area (Å²) in [5, 5.41) is 0.569. The third kappa shape index (κ3) is 2.54. The van der Waals surface area contributed by atoms with E-state index < -0.39 is 0 Å². The smallest absolute Gasteiger partial charge is 0.200 e. The summed E-state index contributed by atoms with van der Waals surface area (Å²) >= 11 is 0. The maximum Gasteiger partial charge on any atom is 0.200 e. The number of ether oxygens (including phenoxy) is 1. The number of fused-ring (bicyclic) bond motifs is 2. The van der Waals surface area contributed by atoms with Gasteiger partial charge >= 0.3 is 0 Å². The van der Waals surface area contributed by atoms with Crippen molar-refractivity contribution in [1.82, 2.24) is 4.98 Å². The molecule has 24 heavy (non-hydrogen) atoms. The molecule has 1 N–H and O–H groups in total. The molecule has 4 rings (SSSR count). The number of ketones is 1. The number of hydrogen-bond acceptors (Lipinski definition) is 3.